The van der Waals surface area contributed by atoms with Gasteiger partial charge in [0.05, 0.1) is 12.6 Å². The molecule has 0 aromatic heterocycles. The zero-order valence-corrected chi connectivity index (χ0v) is 14.0. The summed E-state index contributed by atoms with van der Waals surface area (Å²) < 4.78 is 10.2. The van der Waals surface area contributed by atoms with Crippen LogP contribution in [0, 0.1) is 5.41 Å². The van der Waals surface area contributed by atoms with Crippen molar-refractivity contribution in [3.8, 4) is 0 Å². The van der Waals surface area contributed by atoms with Crippen LogP contribution in [0.2, 0.25) is 0 Å². The van der Waals surface area contributed by atoms with E-state index in [2.05, 4.69) is 5.32 Å². The van der Waals surface area contributed by atoms with Crippen molar-refractivity contribution in [1.82, 2.24) is 5.32 Å². The molecule has 0 saturated heterocycles. The van der Waals surface area contributed by atoms with E-state index in [-0.39, 0.29) is 0 Å². The lowest BCUT2D eigenvalue weighted by Crippen LogP contribution is -2.61. The highest BCUT2D eigenvalue weighted by Gasteiger charge is 2.65. The highest BCUT2D eigenvalue weighted by atomic mass is 16.6. The average Bonchev–Trinajstić information content (AvgIpc) is 3.10. The Morgan fingerprint density at radius 2 is 1.68 bits per heavy atom. The normalized spacial score (nSPS) is 23.5. The first kappa shape index (κ1) is 17.1. The van der Waals surface area contributed by atoms with Crippen molar-refractivity contribution in [2.75, 3.05) is 7.11 Å². The molecule has 0 heterocycles. The minimum absolute atomic E-state index is 0.395. The average molecular weight is 312 g/mol. The first-order valence-corrected chi connectivity index (χ1v) is 8.00. The molecular formula is C16H28N2O4. The third-order valence-corrected chi connectivity index (χ3v) is 4.99. The second kappa shape index (κ2) is 5.72. The predicted molar refractivity (Wildman–Crippen MR) is 82.2 cm³/mol. The van der Waals surface area contributed by atoms with Gasteiger partial charge in [0.1, 0.15) is 11.6 Å². The summed E-state index contributed by atoms with van der Waals surface area (Å²) in [4.78, 5) is 24.2. The van der Waals surface area contributed by atoms with Crippen LogP contribution < -0.4 is 11.1 Å². The second-order valence-electron chi connectivity index (χ2n) is 7.57. The van der Waals surface area contributed by atoms with Crippen LogP contribution in [0.4, 0.5) is 4.79 Å². The molecule has 0 aliphatic heterocycles. The van der Waals surface area contributed by atoms with Crippen molar-refractivity contribution in [1.29, 1.82) is 0 Å². The number of nitrogens with two attached hydrogens (primary N) is 1. The lowest BCUT2D eigenvalue weighted by molar-refractivity contribution is -0.145. The Balaban J connectivity index is 2.19. The van der Waals surface area contributed by atoms with Gasteiger partial charge in [-0.05, 0) is 46.5 Å². The Morgan fingerprint density at radius 1 is 1.14 bits per heavy atom. The molecule has 6 nitrogen and oxygen atoms in total. The fourth-order valence-electron chi connectivity index (χ4n) is 3.80. The molecule has 1 amide bonds. The van der Waals surface area contributed by atoms with Crippen LogP contribution in [-0.2, 0) is 14.3 Å². The molecule has 0 radical (unpaired) electrons. The highest BCUT2D eigenvalue weighted by molar-refractivity contribution is 5.78. The number of nitrogens with one attached hydrogen (secondary N) is 1. The van der Waals surface area contributed by atoms with Crippen LogP contribution in [0.15, 0.2) is 0 Å². The Morgan fingerprint density at radius 3 is 2.09 bits per heavy atom. The van der Waals surface area contributed by atoms with Crippen LogP contribution in [0.3, 0.4) is 0 Å². The molecule has 0 aromatic rings. The van der Waals surface area contributed by atoms with Crippen molar-refractivity contribution < 1.29 is 19.1 Å². The van der Waals surface area contributed by atoms with Crippen LogP contribution in [0.1, 0.15) is 59.3 Å². The van der Waals surface area contributed by atoms with E-state index in [4.69, 9.17) is 15.2 Å². The van der Waals surface area contributed by atoms with Crippen molar-refractivity contribution in [2.45, 2.75) is 76.5 Å². The molecule has 1 atom stereocenters. The minimum atomic E-state index is -0.703. The zero-order valence-electron chi connectivity index (χ0n) is 14.0. The van der Waals surface area contributed by atoms with Gasteiger partial charge in [-0.1, -0.05) is 12.8 Å². The molecule has 6 heteroatoms. The number of carbonyl (C=O) groups is 2. The third kappa shape index (κ3) is 3.07. The van der Waals surface area contributed by atoms with E-state index in [1.807, 2.05) is 20.8 Å². The fraction of sp³-hybridized carbons (Fsp3) is 0.875. The van der Waals surface area contributed by atoms with E-state index in [9.17, 15) is 9.59 Å². The molecule has 0 bridgehead atoms. The van der Waals surface area contributed by atoms with Crippen molar-refractivity contribution in [2.24, 2.45) is 11.1 Å². The summed E-state index contributed by atoms with van der Waals surface area (Å²) in [6.45, 7) is 5.50. The molecule has 2 fully saturated rings. The first-order valence-electron chi connectivity index (χ1n) is 8.00. The van der Waals surface area contributed by atoms with Crippen LogP contribution in [0.25, 0.3) is 0 Å². The summed E-state index contributed by atoms with van der Waals surface area (Å²) in [5.41, 5.74) is 4.77. The quantitative estimate of drug-likeness (QED) is 0.776. The number of alkyl carbamates (subject to hydrolysis) is 1. The van der Waals surface area contributed by atoms with Gasteiger partial charge in [-0.25, -0.2) is 4.79 Å². The van der Waals surface area contributed by atoms with Gasteiger partial charge in [-0.2, -0.15) is 0 Å². The maximum Gasteiger partial charge on any atom is 0.408 e. The summed E-state index contributed by atoms with van der Waals surface area (Å²) in [6.07, 6.45) is 4.93. The lowest BCUT2D eigenvalue weighted by Gasteiger charge is -2.41. The van der Waals surface area contributed by atoms with Crippen LogP contribution >= 0.6 is 0 Å². The van der Waals surface area contributed by atoms with Gasteiger partial charge < -0.3 is 20.5 Å². The number of esters is 1. The number of hydrogen-bond donors (Lipinski definition) is 2. The highest BCUT2D eigenvalue weighted by Crippen LogP contribution is 2.61. The number of amides is 1. The van der Waals surface area contributed by atoms with Gasteiger partial charge in [0.25, 0.3) is 0 Å². The Hall–Kier alpha value is -1.30. The van der Waals surface area contributed by atoms with Gasteiger partial charge in [0.2, 0.25) is 0 Å². The number of carbonyl (C=O) groups excluding carboxylic acids is 2. The van der Waals surface area contributed by atoms with E-state index >= 15 is 0 Å². The van der Waals surface area contributed by atoms with Gasteiger partial charge in [0.15, 0.2) is 0 Å². The maximum atomic E-state index is 12.3. The molecule has 1 unspecified atom stereocenters. The monoisotopic (exact) mass is 312 g/mol. The van der Waals surface area contributed by atoms with Gasteiger partial charge >= 0.3 is 12.1 Å². The zero-order chi connectivity index (χ0) is 16.6. The summed E-state index contributed by atoms with van der Waals surface area (Å²) in [5.74, 6) is -0.408. The standard InChI is InChI=1S/C16H28N2O4/c1-14(2,3)22-13(20)18-16(7-5-6-8-16)15(9-10-15)11(17)12(19)21-4/h11H,5-10,17H2,1-4H3,(H,18,20). The number of hydrogen-bond acceptors (Lipinski definition) is 5. The van der Waals surface area contributed by atoms with E-state index in [0.29, 0.717) is 0 Å². The molecule has 126 valence electrons. The number of ether oxygens (including phenoxy) is 2. The fourth-order valence-corrected chi connectivity index (χ4v) is 3.80. The minimum Gasteiger partial charge on any atom is -0.468 e. The first-order chi connectivity index (χ1) is 10.2. The van der Waals surface area contributed by atoms with Crippen LogP contribution in [-0.4, -0.2) is 36.4 Å². The summed E-state index contributed by atoms with van der Waals surface area (Å²) in [7, 11) is 1.35. The predicted octanol–water partition coefficient (Wildman–Crippen LogP) is 2.10. The van der Waals surface area contributed by atoms with E-state index in [0.717, 1.165) is 38.5 Å². The number of methoxy groups -OCH3 is 1. The van der Waals surface area contributed by atoms with E-state index in [1.165, 1.54) is 7.11 Å². The van der Waals surface area contributed by atoms with Gasteiger partial charge in [-0.15, -0.1) is 0 Å². The molecule has 2 aliphatic rings. The van der Waals surface area contributed by atoms with Gasteiger partial charge in [-0.3, -0.25) is 4.79 Å². The number of rotatable bonds is 4. The molecule has 0 spiro atoms. The smallest absolute Gasteiger partial charge is 0.408 e. The van der Waals surface area contributed by atoms with E-state index in [1.54, 1.807) is 0 Å². The summed E-state index contributed by atoms with van der Waals surface area (Å²) >= 11 is 0. The second-order valence-corrected chi connectivity index (χ2v) is 7.57. The van der Waals surface area contributed by atoms with Gasteiger partial charge in [0, 0.05) is 5.41 Å². The van der Waals surface area contributed by atoms with Crippen molar-refractivity contribution in [3.05, 3.63) is 0 Å². The summed E-state index contributed by atoms with van der Waals surface area (Å²) in [5, 5.41) is 3.06. The Labute approximate surface area is 132 Å². The molecular weight excluding hydrogens is 284 g/mol. The molecule has 3 N–H and O–H groups in total. The molecule has 2 rings (SSSR count). The summed E-state index contributed by atoms with van der Waals surface area (Å²) in [6, 6.07) is -0.703. The largest absolute Gasteiger partial charge is 0.468 e. The topological polar surface area (TPSA) is 90.6 Å². The third-order valence-electron chi connectivity index (χ3n) is 4.99. The van der Waals surface area contributed by atoms with E-state index < -0.39 is 34.7 Å². The molecule has 2 saturated carbocycles. The maximum absolute atomic E-state index is 12.3. The SMILES string of the molecule is COC(=O)C(N)C1(C2(NC(=O)OC(C)(C)C)CCCC2)CC1. The Kier molecular flexibility index (Phi) is 4.44. The Bertz CT molecular complexity index is 446. The van der Waals surface area contributed by atoms with Crippen LogP contribution in [0.5, 0.6) is 0 Å². The lowest BCUT2D eigenvalue weighted by atomic mass is 9.74. The molecule has 22 heavy (non-hydrogen) atoms. The molecule has 0 aromatic carbocycles. The van der Waals surface area contributed by atoms with Crippen molar-refractivity contribution >= 4 is 12.1 Å². The molecule has 2 aliphatic carbocycles. The van der Waals surface area contributed by atoms with Crippen molar-refractivity contribution in [3.63, 3.8) is 0 Å².